The van der Waals surface area contributed by atoms with E-state index in [0.717, 1.165) is 45.1 Å². The molecule has 0 bridgehead atoms. The van der Waals surface area contributed by atoms with E-state index in [4.69, 9.17) is 0 Å². The number of alkyl halides is 3. The summed E-state index contributed by atoms with van der Waals surface area (Å²) in [5.41, 5.74) is 5.33. The van der Waals surface area contributed by atoms with Gasteiger partial charge in [-0.3, -0.25) is 0 Å². The first-order valence-electron chi connectivity index (χ1n) is 8.83. The van der Waals surface area contributed by atoms with Gasteiger partial charge in [0.25, 0.3) is 0 Å². The van der Waals surface area contributed by atoms with E-state index in [0.29, 0.717) is 0 Å². The molecule has 0 saturated heterocycles. The molecule has 2 aromatic carbocycles. The molecule has 142 valence electrons. The minimum atomic E-state index is -4.34. The number of aromatic nitrogens is 1. The molecular weight excluding hydrogens is 379 g/mol. The number of halogens is 3. The van der Waals surface area contributed by atoms with E-state index in [1.165, 1.54) is 5.56 Å². The molecule has 0 amide bonds. The molecule has 0 N–H and O–H groups in total. The van der Waals surface area contributed by atoms with Crippen LogP contribution in [0.5, 0.6) is 0 Å². The number of hydrogen-bond acceptors (Lipinski definition) is 1. The van der Waals surface area contributed by atoms with Crippen LogP contribution in [-0.2, 0) is 13.2 Å². The maximum absolute atomic E-state index is 13.0. The van der Waals surface area contributed by atoms with Gasteiger partial charge in [0.05, 0.1) is 11.3 Å². The maximum atomic E-state index is 13.0. The molecule has 2 heterocycles. The second kappa shape index (κ2) is 6.99. The molecule has 0 spiro atoms. The summed E-state index contributed by atoms with van der Waals surface area (Å²) in [7, 11) is 1.96. The predicted molar refractivity (Wildman–Crippen MR) is 109 cm³/mol. The summed E-state index contributed by atoms with van der Waals surface area (Å²) in [5, 5.41) is 2.00. The van der Waals surface area contributed by atoms with Crippen molar-refractivity contribution in [2.24, 2.45) is 7.05 Å². The molecule has 0 aliphatic heterocycles. The Labute approximate surface area is 165 Å². The molecule has 0 atom stereocenters. The maximum Gasteiger partial charge on any atom is 0.416 e. The molecule has 2 aromatic heterocycles. The van der Waals surface area contributed by atoms with Gasteiger partial charge < -0.3 is 4.57 Å². The Bertz CT molecular complexity index is 1090. The van der Waals surface area contributed by atoms with Crippen LogP contribution >= 0.6 is 11.3 Å². The SMILES string of the molecule is Cc1ccc(-c2cc(-c3cccs3)c(-c3ccc(C(F)(F)F)cc3)n2C)cc1. The summed E-state index contributed by atoms with van der Waals surface area (Å²) < 4.78 is 40.9. The molecule has 4 aromatic rings. The fourth-order valence-corrected chi connectivity index (χ4v) is 4.13. The summed E-state index contributed by atoms with van der Waals surface area (Å²) in [6.07, 6.45) is -4.34. The topological polar surface area (TPSA) is 4.93 Å². The van der Waals surface area contributed by atoms with Crippen LogP contribution in [0, 0.1) is 6.92 Å². The average Bonchev–Trinajstić information content (AvgIpc) is 3.30. The van der Waals surface area contributed by atoms with Gasteiger partial charge in [0.15, 0.2) is 0 Å². The molecule has 5 heteroatoms. The average molecular weight is 397 g/mol. The van der Waals surface area contributed by atoms with Crippen molar-refractivity contribution < 1.29 is 13.2 Å². The molecule has 4 rings (SSSR count). The first-order chi connectivity index (χ1) is 13.3. The Hall–Kier alpha value is -2.79. The number of benzene rings is 2. The van der Waals surface area contributed by atoms with E-state index in [2.05, 4.69) is 34.9 Å². The van der Waals surface area contributed by atoms with Crippen molar-refractivity contribution in [3.63, 3.8) is 0 Å². The van der Waals surface area contributed by atoms with Crippen molar-refractivity contribution >= 4 is 11.3 Å². The number of nitrogens with zero attached hydrogens (tertiary/aromatic N) is 1. The molecule has 0 aliphatic rings. The van der Waals surface area contributed by atoms with Crippen LogP contribution in [0.25, 0.3) is 33.0 Å². The smallest absolute Gasteiger partial charge is 0.343 e. The molecule has 0 saturated carbocycles. The molecule has 0 aliphatic carbocycles. The summed E-state index contributed by atoms with van der Waals surface area (Å²) in [6.45, 7) is 2.04. The summed E-state index contributed by atoms with van der Waals surface area (Å²) >= 11 is 1.62. The summed E-state index contributed by atoms with van der Waals surface area (Å²) in [5.74, 6) is 0. The van der Waals surface area contributed by atoms with Crippen molar-refractivity contribution in [2.75, 3.05) is 0 Å². The third-order valence-electron chi connectivity index (χ3n) is 4.85. The number of hydrogen-bond donors (Lipinski definition) is 0. The highest BCUT2D eigenvalue weighted by Gasteiger charge is 2.30. The largest absolute Gasteiger partial charge is 0.416 e. The second-order valence-electron chi connectivity index (χ2n) is 6.77. The van der Waals surface area contributed by atoms with E-state index in [9.17, 15) is 13.2 Å². The zero-order chi connectivity index (χ0) is 19.9. The molecule has 0 unspecified atom stereocenters. The monoisotopic (exact) mass is 397 g/mol. The minimum absolute atomic E-state index is 0.637. The lowest BCUT2D eigenvalue weighted by atomic mass is 10.0. The zero-order valence-corrected chi connectivity index (χ0v) is 16.2. The lowest BCUT2D eigenvalue weighted by molar-refractivity contribution is -0.137. The van der Waals surface area contributed by atoms with Gasteiger partial charge in [-0.25, -0.2) is 0 Å². The van der Waals surface area contributed by atoms with Crippen LogP contribution in [0.3, 0.4) is 0 Å². The lowest BCUT2D eigenvalue weighted by Gasteiger charge is -2.12. The van der Waals surface area contributed by atoms with Crippen LogP contribution in [0.4, 0.5) is 13.2 Å². The highest BCUT2D eigenvalue weighted by molar-refractivity contribution is 7.13. The van der Waals surface area contributed by atoms with Gasteiger partial charge in [-0.2, -0.15) is 13.2 Å². The Kier molecular flexibility index (Phi) is 4.63. The zero-order valence-electron chi connectivity index (χ0n) is 15.4. The predicted octanol–water partition coefficient (Wildman–Crippen LogP) is 7.41. The second-order valence-corrected chi connectivity index (χ2v) is 7.72. The quantitative estimate of drug-likeness (QED) is 0.339. The van der Waals surface area contributed by atoms with E-state index in [-0.39, 0.29) is 0 Å². The van der Waals surface area contributed by atoms with Crippen LogP contribution in [0.2, 0.25) is 0 Å². The summed E-state index contributed by atoms with van der Waals surface area (Å²) in [4.78, 5) is 1.09. The highest BCUT2D eigenvalue weighted by atomic mass is 32.1. The Balaban J connectivity index is 1.89. The Morgan fingerprint density at radius 2 is 1.50 bits per heavy atom. The van der Waals surface area contributed by atoms with Crippen molar-refractivity contribution in [1.29, 1.82) is 0 Å². The summed E-state index contributed by atoms with van der Waals surface area (Å²) in [6, 6.07) is 19.8. The normalized spacial score (nSPS) is 11.8. The van der Waals surface area contributed by atoms with E-state index >= 15 is 0 Å². The van der Waals surface area contributed by atoms with Gasteiger partial charge in [0.2, 0.25) is 0 Å². The van der Waals surface area contributed by atoms with E-state index < -0.39 is 11.7 Å². The van der Waals surface area contributed by atoms with Gasteiger partial charge >= 0.3 is 6.18 Å². The minimum Gasteiger partial charge on any atom is -0.343 e. The third-order valence-corrected chi connectivity index (χ3v) is 5.76. The van der Waals surface area contributed by atoms with Crippen molar-refractivity contribution in [2.45, 2.75) is 13.1 Å². The van der Waals surface area contributed by atoms with Crippen molar-refractivity contribution in [3.05, 3.63) is 83.2 Å². The Morgan fingerprint density at radius 3 is 2.07 bits per heavy atom. The number of rotatable bonds is 3. The Morgan fingerprint density at radius 1 is 0.857 bits per heavy atom. The first-order valence-corrected chi connectivity index (χ1v) is 9.71. The van der Waals surface area contributed by atoms with Gasteiger partial charge in [0.1, 0.15) is 0 Å². The van der Waals surface area contributed by atoms with Gasteiger partial charge in [-0.1, -0.05) is 48.0 Å². The standard InChI is InChI=1S/C23H18F3NS/c1-15-5-7-16(8-6-15)20-14-19(21-4-3-13-28-21)22(27(20)2)17-9-11-18(12-10-17)23(24,25)26/h3-14H,1-2H3. The fourth-order valence-electron chi connectivity index (χ4n) is 3.39. The van der Waals surface area contributed by atoms with E-state index in [1.54, 1.807) is 23.5 Å². The molecule has 0 radical (unpaired) electrons. The fraction of sp³-hybridized carbons (Fsp3) is 0.130. The third kappa shape index (κ3) is 3.38. The van der Waals surface area contributed by atoms with Crippen molar-refractivity contribution in [3.8, 4) is 33.0 Å². The van der Waals surface area contributed by atoms with Crippen molar-refractivity contribution in [1.82, 2.24) is 4.57 Å². The lowest BCUT2D eigenvalue weighted by Crippen LogP contribution is -2.04. The molecule has 1 nitrogen and oxygen atoms in total. The van der Waals surface area contributed by atoms with Gasteiger partial charge in [-0.15, -0.1) is 11.3 Å². The molecular formula is C23H18F3NS. The highest BCUT2D eigenvalue weighted by Crippen LogP contribution is 2.40. The number of thiophene rings is 1. The van der Waals surface area contributed by atoms with Crippen LogP contribution in [-0.4, -0.2) is 4.57 Å². The van der Waals surface area contributed by atoms with Crippen LogP contribution in [0.1, 0.15) is 11.1 Å². The van der Waals surface area contributed by atoms with Crippen LogP contribution < -0.4 is 0 Å². The molecule has 0 fully saturated rings. The first kappa shape index (κ1) is 18.6. The molecule has 28 heavy (non-hydrogen) atoms. The van der Waals surface area contributed by atoms with Crippen LogP contribution in [0.15, 0.2) is 72.1 Å². The van der Waals surface area contributed by atoms with E-state index in [1.807, 2.05) is 31.5 Å². The number of aryl methyl sites for hydroxylation is 1. The van der Waals surface area contributed by atoms with Gasteiger partial charge in [-0.05, 0) is 47.7 Å². The van der Waals surface area contributed by atoms with Gasteiger partial charge in [0, 0.05) is 23.2 Å².